The minimum absolute atomic E-state index is 0.260. The van der Waals surface area contributed by atoms with Crippen LogP contribution in [0.3, 0.4) is 0 Å². The van der Waals surface area contributed by atoms with E-state index in [0.717, 1.165) is 35.8 Å². The molecule has 29 heavy (non-hydrogen) atoms. The van der Waals surface area contributed by atoms with Crippen molar-refractivity contribution in [3.63, 3.8) is 0 Å². The standard InChI is InChI=1S/C22H27NO6/c1-5-7-17(23-21(26)29-22(2,3)4)20(25)27-13-10-11-15-14-8-6-9-16(14)19(24)28-18(15)12-13/h10-12,17H,5-9H2,1-4H3,(H,23,26)/t17-/m0/s1. The summed E-state index contributed by atoms with van der Waals surface area (Å²) in [6, 6.07) is 4.19. The van der Waals surface area contributed by atoms with Crippen LogP contribution in [0.2, 0.25) is 0 Å². The van der Waals surface area contributed by atoms with Gasteiger partial charge in [-0.3, -0.25) is 0 Å². The summed E-state index contributed by atoms with van der Waals surface area (Å²) < 4.78 is 16.1. The normalized spacial score (nSPS) is 14.3. The maximum atomic E-state index is 12.6. The average molecular weight is 401 g/mol. The summed E-state index contributed by atoms with van der Waals surface area (Å²) in [6.07, 6.45) is 2.93. The van der Waals surface area contributed by atoms with E-state index in [4.69, 9.17) is 13.9 Å². The fourth-order valence-corrected chi connectivity index (χ4v) is 3.50. The molecule has 0 aliphatic heterocycles. The van der Waals surface area contributed by atoms with E-state index in [0.29, 0.717) is 18.4 Å². The Hall–Kier alpha value is -2.83. The quantitative estimate of drug-likeness (QED) is 0.464. The first-order chi connectivity index (χ1) is 13.7. The van der Waals surface area contributed by atoms with E-state index < -0.39 is 23.7 Å². The topological polar surface area (TPSA) is 94.8 Å². The molecule has 7 nitrogen and oxygen atoms in total. The van der Waals surface area contributed by atoms with Gasteiger partial charge < -0.3 is 19.2 Å². The number of aryl methyl sites for hydroxylation is 1. The predicted molar refractivity (Wildman–Crippen MR) is 108 cm³/mol. The van der Waals surface area contributed by atoms with E-state index in [1.165, 1.54) is 0 Å². The van der Waals surface area contributed by atoms with Gasteiger partial charge in [-0.25, -0.2) is 14.4 Å². The van der Waals surface area contributed by atoms with E-state index in [2.05, 4.69) is 5.32 Å². The van der Waals surface area contributed by atoms with Gasteiger partial charge in [-0.2, -0.15) is 0 Å². The first kappa shape index (κ1) is 20.9. The molecule has 0 saturated heterocycles. The van der Waals surface area contributed by atoms with Crippen LogP contribution in [-0.4, -0.2) is 23.7 Å². The summed E-state index contributed by atoms with van der Waals surface area (Å²) in [6.45, 7) is 7.15. The molecule has 0 fully saturated rings. The van der Waals surface area contributed by atoms with Gasteiger partial charge in [0.2, 0.25) is 0 Å². The van der Waals surface area contributed by atoms with Crippen LogP contribution in [0.1, 0.15) is 58.1 Å². The SMILES string of the molecule is CCC[C@H](NC(=O)OC(C)(C)C)C(=O)Oc1ccc2c3c(c(=O)oc2c1)CCC3. The molecule has 0 saturated carbocycles. The van der Waals surface area contributed by atoms with E-state index in [-0.39, 0.29) is 11.4 Å². The molecule has 0 unspecified atom stereocenters. The van der Waals surface area contributed by atoms with E-state index in [1.807, 2.05) is 6.92 Å². The van der Waals surface area contributed by atoms with Crippen LogP contribution in [0.5, 0.6) is 5.75 Å². The van der Waals surface area contributed by atoms with Crippen molar-refractivity contribution in [1.82, 2.24) is 5.32 Å². The Morgan fingerprint density at radius 3 is 2.62 bits per heavy atom. The second kappa shape index (κ2) is 8.27. The number of hydrogen-bond acceptors (Lipinski definition) is 6. The predicted octanol–water partition coefficient (Wildman–Crippen LogP) is 3.88. The number of amides is 1. The molecule has 1 aliphatic carbocycles. The molecule has 0 spiro atoms. The molecule has 1 aliphatic rings. The van der Waals surface area contributed by atoms with Crippen molar-refractivity contribution in [2.75, 3.05) is 0 Å². The van der Waals surface area contributed by atoms with Crippen LogP contribution < -0.4 is 15.7 Å². The molecule has 1 amide bonds. The summed E-state index contributed by atoms with van der Waals surface area (Å²) in [5.74, 6) is -0.337. The zero-order valence-electron chi connectivity index (χ0n) is 17.3. The number of esters is 1. The van der Waals surface area contributed by atoms with Crippen LogP contribution in [0.25, 0.3) is 11.0 Å². The molecule has 7 heteroatoms. The van der Waals surface area contributed by atoms with E-state index >= 15 is 0 Å². The van der Waals surface area contributed by atoms with Crippen molar-refractivity contribution >= 4 is 23.0 Å². The molecule has 2 aromatic rings. The van der Waals surface area contributed by atoms with Crippen molar-refractivity contribution in [2.45, 2.75) is 71.4 Å². The molecule has 0 bridgehead atoms. The van der Waals surface area contributed by atoms with Crippen molar-refractivity contribution in [1.29, 1.82) is 0 Å². The zero-order chi connectivity index (χ0) is 21.2. The third kappa shape index (κ3) is 4.96. The number of ether oxygens (including phenoxy) is 2. The second-order valence-electron chi connectivity index (χ2n) is 8.27. The summed E-state index contributed by atoms with van der Waals surface area (Å²) >= 11 is 0. The molecule has 0 radical (unpaired) electrons. The molecule has 156 valence electrons. The Morgan fingerprint density at radius 2 is 1.93 bits per heavy atom. The lowest BCUT2D eigenvalue weighted by molar-refractivity contribution is -0.137. The van der Waals surface area contributed by atoms with Gasteiger partial charge >= 0.3 is 17.7 Å². The Balaban J connectivity index is 1.77. The summed E-state index contributed by atoms with van der Waals surface area (Å²) in [7, 11) is 0. The fourth-order valence-electron chi connectivity index (χ4n) is 3.50. The van der Waals surface area contributed by atoms with Gasteiger partial charge in [0.25, 0.3) is 0 Å². The molecule has 1 atom stereocenters. The Labute approximate surface area is 169 Å². The summed E-state index contributed by atoms with van der Waals surface area (Å²) in [5.41, 5.74) is 1.16. The molecule has 3 rings (SSSR count). The highest BCUT2D eigenvalue weighted by atomic mass is 16.6. The smallest absolute Gasteiger partial charge is 0.408 e. The highest BCUT2D eigenvalue weighted by Crippen LogP contribution is 2.29. The number of nitrogens with one attached hydrogen (secondary N) is 1. The molecule has 1 aromatic carbocycles. The molecule has 1 N–H and O–H groups in total. The number of benzene rings is 1. The maximum Gasteiger partial charge on any atom is 0.408 e. The number of rotatable bonds is 5. The van der Waals surface area contributed by atoms with Gasteiger partial charge in [-0.15, -0.1) is 0 Å². The minimum atomic E-state index is -0.836. The monoisotopic (exact) mass is 401 g/mol. The van der Waals surface area contributed by atoms with Gasteiger partial charge in [-0.05, 0) is 64.2 Å². The lowest BCUT2D eigenvalue weighted by Gasteiger charge is -2.22. The van der Waals surface area contributed by atoms with Crippen molar-refractivity contribution < 1.29 is 23.5 Å². The van der Waals surface area contributed by atoms with Crippen molar-refractivity contribution in [3.8, 4) is 5.75 Å². The summed E-state index contributed by atoms with van der Waals surface area (Å²) in [5, 5.41) is 3.43. The van der Waals surface area contributed by atoms with Crippen LogP contribution in [0, 0.1) is 0 Å². The number of carbonyl (C=O) groups excluding carboxylic acids is 2. The van der Waals surface area contributed by atoms with Crippen LogP contribution >= 0.6 is 0 Å². The third-order valence-corrected chi connectivity index (χ3v) is 4.72. The van der Waals surface area contributed by atoms with Gasteiger partial charge in [0, 0.05) is 17.0 Å². The minimum Gasteiger partial charge on any atom is -0.444 e. The van der Waals surface area contributed by atoms with E-state index in [9.17, 15) is 14.4 Å². The van der Waals surface area contributed by atoms with Crippen molar-refractivity contribution in [3.05, 3.63) is 39.7 Å². The molecule has 1 heterocycles. The number of hydrogen-bond donors (Lipinski definition) is 1. The molecule has 1 aromatic heterocycles. The number of carbonyl (C=O) groups is 2. The molecular formula is C22H27NO6. The van der Waals surface area contributed by atoms with Gasteiger partial charge in [0.05, 0.1) is 0 Å². The largest absolute Gasteiger partial charge is 0.444 e. The third-order valence-electron chi connectivity index (χ3n) is 4.72. The average Bonchev–Trinajstić information content (AvgIpc) is 3.10. The van der Waals surface area contributed by atoms with Crippen molar-refractivity contribution in [2.24, 2.45) is 0 Å². The zero-order valence-corrected chi connectivity index (χ0v) is 17.3. The van der Waals surface area contributed by atoms with Crippen LogP contribution in [0.4, 0.5) is 4.79 Å². The highest BCUT2D eigenvalue weighted by molar-refractivity contribution is 5.86. The maximum absolute atomic E-state index is 12.6. The highest BCUT2D eigenvalue weighted by Gasteiger charge is 2.26. The van der Waals surface area contributed by atoms with Crippen LogP contribution in [0.15, 0.2) is 27.4 Å². The first-order valence-corrected chi connectivity index (χ1v) is 9.97. The second-order valence-corrected chi connectivity index (χ2v) is 8.27. The first-order valence-electron chi connectivity index (χ1n) is 9.97. The van der Waals surface area contributed by atoms with Crippen LogP contribution in [-0.2, 0) is 22.4 Å². The van der Waals surface area contributed by atoms with Gasteiger partial charge in [0.1, 0.15) is 23.0 Å². The lowest BCUT2D eigenvalue weighted by Crippen LogP contribution is -2.45. The van der Waals surface area contributed by atoms with Gasteiger partial charge in [-0.1, -0.05) is 13.3 Å². The Bertz CT molecular complexity index is 985. The lowest BCUT2D eigenvalue weighted by atomic mass is 10.1. The number of alkyl carbamates (subject to hydrolysis) is 1. The van der Waals surface area contributed by atoms with Gasteiger partial charge in [0.15, 0.2) is 0 Å². The molecular weight excluding hydrogens is 374 g/mol. The summed E-state index contributed by atoms with van der Waals surface area (Å²) in [4.78, 5) is 36.8. The Morgan fingerprint density at radius 1 is 1.21 bits per heavy atom. The number of fused-ring (bicyclic) bond motifs is 3. The fraction of sp³-hybridized carbons (Fsp3) is 0.500. The van der Waals surface area contributed by atoms with E-state index in [1.54, 1.807) is 39.0 Å². The Kier molecular flexibility index (Phi) is 5.96.